The van der Waals surface area contributed by atoms with Crippen molar-refractivity contribution in [1.82, 2.24) is 10.3 Å². The fourth-order valence-corrected chi connectivity index (χ4v) is 1.75. The number of aromatic carboxylic acids is 1. The van der Waals surface area contributed by atoms with Crippen LogP contribution in [0, 0.1) is 10.1 Å². The third kappa shape index (κ3) is 3.63. The average Bonchev–Trinajstić information content (AvgIpc) is 2.53. The smallest absolute Gasteiger partial charge is 0.335 e. The van der Waals surface area contributed by atoms with Gasteiger partial charge < -0.3 is 10.4 Å². The molecule has 2 aromatic rings. The van der Waals surface area contributed by atoms with Gasteiger partial charge in [0.15, 0.2) is 0 Å². The molecule has 0 unspecified atom stereocenters. The van der Waals surface area contributed by atoms with E-state index >= 15 is 0 Å². The average molecular weight is 301 g/mol. The lowest BCUT2D eigenvalue weighted by Gasteiger charge is -2.06. The predicted molar refractivity (Wildman–Crippen MR) is 75.5 cm³/mol. The number of carbonyl (C=O) groups is 2. The Hall–Kier alpha value is -3.29. The number of nitrogens with zero attached hydrogens (tertiary/aromatic N) is 2. The number of nitro benzene ring substituents is 1. The Balaban J connectivity index is 2.21. The molecule has 1 aromatic heterocycles. The third-order valence-electron chi connectivity index (χ3n) is 2.79. The normalized spacial score (nSPS) is 10.0. The molecule has 112 valence electrons. The highest BCUT2D eigenvalue weighted by Crippen LogP contribution is 2.17. The Morgan fingerprint density at radius 2 is 1.95 bits per heavy atom. The van der Waals surface area contributed by atoms with E-state index in [1.54, 1.807) is 24.4 Å². The maximum Gasteiger partial charge on any atom is 0.335 e. The Kier molecular flexibility index (Phi) is 4.42. The molecule has 1 heterocycles. The molecule has 1 amide bonds. The Labute approximate surface area is 124 Å². The van der Waals surface area contributed by atoms with E-state index in [-0.39, 0.29) is 17.7 Å². The number of hydrogen-bond donors (Lipinski definition) is 2. The fraction of sp³-hybridized carbons (Fsp3) is 0.0714. The van der Waals surface area contributed by atoms with Crippen LogP contribution >= 0.6 is 0 Å². The van der Waals surface area contributed by atoms with E-state index in [0.717, 1.165) is 18.2 Å². The minimum atomic E-state index is -1.34. The number of hydrogen-bond acceptors (Lipinski definition) is 5. The van der Waals surface area contributed by atoms with Gasteiger partial charge in [0.1, 0.15) is 0 Å². The van der Waals surface area contributed by atoms with Crippen molar-refractivity contribution in [2.75, 3.05) is 0 Å². The summed E-state index contributed by atoms with van der Waals surface area (Å²) in [5.41, 5.74) is -0.262. The molecular formula is C14H11N3O5. The summed E-state index contributed by atoms with van der Waals surface area (Å²) in [6, 6.07) is 8.20. The molecule has 2 N–H and O–H groups in total. The molecule has 0 saturated heterocycles. The number of aromatic nitrogens is 1. The molecule has 0 radical (unpaired) electrons. The minimum Gasteiger partial charge on any atom is -0.478 e. The van der Waals surface area contributed by atoms with Crippen LogP contribution in [0.1, 0.15) is 26.4 Å². The number of non-ortho nitro benzene ring substituents is 1. The zero-order valence-corrected chi connectivity index (χ0v) is 11.2. The van der Waals surface area contributed by atoms with Gasteiger partial charge >= 0.3 is 5.97 Å². The summed E-state index contributed by atoms with van der Waals surface area (Å²) < 4.78 is 0. The van der Waals surface area contributed by atoms with Gasteiger partial charge in [-0.05, 0) is 18.2 Å². The molecule has 2 rings (SSSR count). The van der Waals surface area contributed by atoms with E-state index in [9.17, 15) is 19.7 Å². The molecule has 0 aliphatic heterocycles. The molecule has 0 aliphatic rings. The van der Waals surface area contributed by atoms with Crippen molar-refractivity contribution in [2.45, 2.75) is 6.54 Å². The number of pyridine rings is 1. The van der Waals surface area contributed by atoms with Crippen molar-refractivity contribution in [3.05, 3.63) is 69.5 Å². The van der Waals surface area contributed by atoms with Crippen LogP contribution in [0.4, 0.5) is 5.69 Å². The SMILES string of the molecule is O=C(O)c1cc(C(=O)NCc2ccccn2)cc([N+](=O)[O-])c1. The lowest BCUT2D eigenvalue weighted by Crippen LogP contribution is -2.23. The summed E-state index contributed by atoms with van der Waals surface area (Å²) in [5, 5.41) is 22.3. The second-order valence-corrected chi connectivity index (χ2v) is 4.33. The highest BCUT2D eigenvalue weighted by molar-refractivity contribution is 5.98. The fourth-order valence-electron chi connectivity index (χ4n) is 1.75. The second kappa shape index (κ2) is 6.44. The highest BCUT2D eigenvalue weighted by Gasteiger charge is 2.17. The first-order valence-corrected chi connectivity index (χ1v) is 6.18. The van der Waals surface area contributed by atoms with Gasteiger partial charge in [-0.3, -0.25) is 19.9 Å². The van der Waals surface area contributed by atoms with E-state index in [2.05, 4.69) is 10.3 Å². The highest BCUT2D eigenvalue weighted by atomic mass is 16.6. The predicted octanol–water partition coefficient (Wildman–Crippen LogP) is 1.62. The molecular weight excluding hydrogens is 290 g/mol. The lowest BCUT2D eigenvalue weighted by molar-refractivity contribution is -0.384. The maximum absolute atomic E-state index is 12.0. The number of carboxylic acid groups (broad SMARTS) is 1. The number of nitrogens with one attached hydrogen (secondary N) is 1. The molecule has 0 spiro atoms. The number of amides is 1. The molecule has 0 atom stereocenters. The topological polar surface area (TPSA) is 122 Å². The van der Waals surface area contributed by atoms with Gasteiger partial charge in [0, 0.05) is 23.9 Å². The van der Waals surface area contributed by atoms with Crippen LogP contribution in [-0.4, -0.2) is 26.9 Å². The first-order chi connectivity index (χ1) is 10.5. The van der Waals surface area contributed by atoms with Gasteiger partial charge in [0.05, 0.1) is 22.7 Å². The largest absolute Gasteiger partial charge is 0.478 e. The van der Waals surface area contributed by atoms with Crippen LogP contribution in [0.2, 0.25) is 0 Å². The first kappa shape index (κ1) is 15.1. The van der Waals surface area contributed by atoms with E-state index in [1.165, 1.54) is 0 Å². The van der Waals surface area contributed by atoms with E-state index in [0.29, 0.717) is 5.69 Å². The van der Waals surface area contributed by atoms with Crippen LogP contribution in [0.15, 0.2) is 42.6 Å². The molecule has 22 heavy (non-hydrogen) atoms. The van der Waals surface area contributed by atoms with Crippen molar-refractivity contribution < 1.29 is 19.6 Å². The Morgan fingerprint density at radius 3 is 2.55 bits per heavy atom. The Bertz CT molecular complexity index is 698. The lowest BCUT2D eigenvalue weighted by atomic mass is 10.1. The van der Waals surface area contributed by atoms with Gasteiger partial charge in [0.2, 0.25) is 0 Å². The van der Waals surface area contributed by atoms with Crippen LogP contribution in [0.5, 0.6) is 0 Å². The first-order valence-electron chi connectivity index (χ1n) is 6.18. The quantitative estimate of drug-likeness (QED) is 0.639. The van der Waals surface area contributed by atoms with Gasteiger partial charge in [-0.1, -0.05) is 6.07 Å². The van der Waals surface area contributed by atoms with Gasteiger partial charge in [-0.2, -0.15) is 0 Å². The molecule has 1 aromatic carbocycles. The van der Waals surface area contributed by atoms with Crippen LogP contribution in [-0.2, 0) is 6.54 Å². The van der Waals surface area contributed by atoms with Gasteiger partial charge in [-0.25, -0.2) is 4.79 Å². The molecule has 0 saturated carbocycles. The zero-order valence-electron chi connectivity index (χ0n) is 11.2. The number of carbonyl (C=O) groups excluding carboxylic acids is 1. The van der Waals surface area contributed by atoms with Gasteiger partial charge in [0.25, 0.3) is 11.6 Å². The molecule has 0 fully saturated rings. The maximum atomic E-state index is 12.0. The summed E-state index contributed by atoms with van der Waals surface area (Å²) in [5.74, 6) is -1.96. The monoisotopic (exact) mass is 301 g/mol. The number of benzene rings is 1. The summed E-state index contributed by atoms with van der Waals surface area (Å²) in [4.78, 5) is 37.1. The van der Waals surface area contributed by atoms with Crippen LogP contribution in [0.3, 0.4) is 0 Å². The minimum absolute atomic E-state index is 0.0949. The Morgan fingerprint density at radius 1 is 1.23 bits per heavy atom. The second-order valence-electron chi connectivity index (χ2n) is 4.33. The van der Waals surface area contributed by atoms with Crippen LogP contribution in [0.25, 0.3) is 0 Å². The molecule has 8 nitrogen and oxygen atoms in total. The van der Waals surface area contributed by atoms with Crippen molar-refractivity contribution in [3.63, 3.8) is 0 Å². The van der Waals surface area contributed by atoms with Crippen molar-refractivity contribution in [3.8, 4) is 0 Å². The zero-order chi connectivity index (χ0) is 16.1. The number of rotatable bonds is 5. The number of carboxylic acids is 1. The van der Waals surface area contributed by atoms with E-state index < -0.39 is 22.5 Å². The van der Waals surface area contributed by atoms with Crippen molar-refractivity contribution in [1.29, 1.82) is 0 Å². The van der Waals surface area contributed by atoms with Crippen molar-refractivity contribution in [2.24, 2.45) is 0 Å². The van der Waals surface area contributed by atoms with Crippen LogP contribution < -0.4 is 5.32 Å². The molecule has 0 aliphatic carbocycles. The van der Waals surface area contributed by atoms with E-state index in [4.69, 9.17) is 5.11 Å². The van der Waals surface area contributed by atoms with Gasteiger partial charge in [-0.15, -0.1) is 0 Å². The summed E-state index contributed by atoms with van der Waals surface area (Å²) in [7, 11) is 0. The molecule has 8 heteroatoms. The van der Waals surface area contributed by atoms with E-state index in [1.807, 2.05) is 0 Å². The molecule has 0 bridgehead atoms. The van der Waals surface area contributed by atoms with Crippen molar-refractivity contribution >= 4 is 17.6 Å². The summed E-state index contributed by atoms with van der Waals surface area (Å²) in [6.45, 7) is 0.130. The summed E-state index contributed by atoms with van der Waals surface area (Å²) >= 11 is 0. The third-order valence-corrected chi connectivity index (χ3v) is 2.79. The summed E-state index contributed by atoms with van der Waals surface area (Å²) in [6.07, 6.45) is 1.57. The number of nitro groups is 1. The standard InChI is InChI=1S/C14H11N3O5/c18-13(16-8-11-3-1-2-4-15-11)9-5-10(14(19)20)7-12(6-9)17(21)22/h1-7H,8H2,(H,16,18)(H,19,20).